The molecule has 0 amide bonds. The van der Waals surface area contributed by atoms with Gasteiger partial charge in [-0.3, -0.25) is 24.0 Å². The molecule has 4 aliphatic rings. The lowest BCUT2D eigenvalue weighted by atomic mass is 9.38. The highest BCUT2D eigenvalue weighted by Gasteiger charge is 2.84. The molecule has 10 nitrogen and oxygen atoms in total. The van der Waals surface area contributed by atoms with Gasteiger partial charge in [0.25, 0.3) is 0 Å². The molecule has 4 rings (SSSR count). The van der Waals surface area contributed by atoms with Crippen molar-refractivity contribution < 1.29 is 48.0 Å². The normalized spacial score (nSPS) is 42.8. The molecule has 38 heavy (non-hydrogen) atoms. The number of carbonyl (C=O) groups excluding carboxylic acids is 5. The average molecular weight is 535 g/mol. The number of hydrogen-bond acceptors (Lipinski definition) is 10. The lowest BCUT2D eigenvalue weighted by Gasteiger charge is -2.68. The van der Waals surface area contributed by atoms with E-state index in [1.165, 1.54) is 27.7 Å². The van der Waals surface area contributed by atoms with E-state index in [4.69, 9.17) is 18.9 Å². The molecule has 0 aromatic rings. The van der Waals surface area contributed by atoms with Crippen LogP contribution in [0, 0.1) is 28.1 Å². The van der Waals surface area contributed by atoms with Crippen LogP contribution in [0.4, 0.5) is 0 Å². The van der Waals surface area contributed by atoms with E-state index in [2.05, 4.69) is 20.4 Å². The first-order valence-corrected chi connectivity index (χ1v) is 13.1. The van der Waals surface area contributed by atoms with Crippen molar-refractivity contribution in [2.75, 3.05) is 0 Å². The van der Waals surface area contributed by atoms with Crippen LogP contribution in [-0.2, 0) is 42.9 Å². The fourth-order valence-electron chi connectivity index (χ4n) is 8.70. The minimum atomic E-state index is -2.05. The fraction of sp³-hybridized carbons (Fsp3) is 0.750. The Morgan fingerprint density at radius 3 is 1.92 bits per heavy atom. The molecule has 4 aliphatic carbocycles. The Hall–Kier alpha value is -2.75. The predicted octanol–water partition coefficient (Wildman–Crippen LogP) is 2.44. The first kappa shape index (κ1) is 28.3. The van der Waals surface area contributed by atoms with Crippen molar-refractivity contribution in [3.05, 3.63) is 12.2 Å². The van der Waals surface area contributed by atoms with E-state index in [-0.39, 0.29) is 29.7 Å². The van der Waals surface area contributed by atoms with E-state index in [0.717, 1.165) is 0 Å². The number of esters is 4. The Labute approximate surface area is 222 Å². The lowest BCUT2D eigenvalue weighted by Crippen LogP contribution is -2.76. The summed E-state index contributed by atoms with van der Waals surface area (Å²) in [5.74, 6) is -4.34. The number of Topliss-reactive ketones (excluding diaryl/α,β-unsaturated/α-hetero) is 1. The van der Waals surface area contributed by atoms with Crippen LogP contribution in [0.15, 0.2) is 12.2 Å². The van der Waals surface area contributed by atoms with Crippen molar-refractivity contribution in [2.24, 2.45) is 28.1 Å². The van der Waals surface area contributed by atoms with Crippen molar-refractivity contribution in [3.63, 3.8) is 0 Å². The first-order chi connectivity index (χ1) is 17.4. The number of fused-ring (bicyclic) bond motifs is 3. The quantitative estimate of drug-likeness (QED) is 0.325. The van der Waals surface area contributed by atoms with Gasteiger partial charge in [0.15, 0.2) is 11.9 Å². The molecule has 0 saturated heterocycles. The van der Waals surface area contributed by atoms with Gasteiger partial charge >= 0.3 is 23.9 Å². The maximum absolute atomic E-state index is 14.4. The molecule has 0 aliphatic heterocycles. The molecule has 4 saturated carbocycles. The molecule has 10 heteroatoms. The van der Waals surface area contributed by atoms with Gasteiger partial charge < -0.3 is 24.1 Å². The standard InChI is InChI=1S/C28H38O10/c1-13-23(33)28-21(37-16(4)31)11-19-25(6,7)10-9-20(36-15(3)30)26(19,8)22(28)18(35-14(2)29)12-27(13,34)24(28)38-17(5)32/h18-22,24,34H,1,9-12H2,2-8H3/t18-,19+,20+,21+,22?,24+,26-,27+,28+/m0/s1. The van der Waals surface area contributed by atoms with E-state index in [1.54, 1.807) is 0 Å². The van der Waals surface area contributed by atoms with Crippen LogP contribution >= 0.6 is 0 Å². The van der Waals surface area contributed by atoms with Gasteiger partial charge in [0, 0.05) is 51.0 Å². The molecule has 0 heterocycles. The van der Waals surface area contributed by atoms with Gasteiger partial charge in [-0.2, -0.15) is 0 Å². The smallest absolute Gasteiger partial charge is 0.303 e. The van der Waals surface area contributed by atoms with Crippen molar-refractivity contribution in [1.82, 2.24) is 0 Å². The number of carbonyl (C=O) groups is 5. The van der Waals surface area contributed by atoms with E-state index in [9.17, 15) is 29.1 Å². The molecule has 210 valence electrons. The van der Waals surface area contributed by atoms with E-state index >= 15 is 0 Å². The molecule has 1 spiro atoms. The Morgan fingerprint density at radius 2 is 1.39 bits per heavy atom. The highest BCUT2D eigenvalue weighted by molar-refractivity contribution is 6.07. The summed E-state index contributed by atoms with van der Waals surface area (Å²) in [6.45, 7) is 14.9. The summed E-state index contributed by atoms with van der Waals surface area (Å²) in [5.41, 5.74) is -5.41. The molecule has 1 N–H and O–H groups in total. The van der Waals surface area contributed by atoms with Gasteiger partial charge in [-0.05, 0) is 30.6 Å². The first-order valence-electron chi connectivity index (χ1n) is 13.1. The van der Waals surface area contributed by atoms with Crippen LogP contribution in [0.3, 0.4) is 0 Å². The maximum atomic E-state index is 14.4. The predicted molar refractivity (Wildman–Crippen MR) is 131 cm³/mol. The summed E-state index contributed by atoms with van der Waals surface area (Å²) in [5, 5.41) is 11.9. The second-order valence-corrected chi connectivity index (χ2v) is 12.4. The van der Waals surface area contributed by atoms with Gasteiger partial charge in [0.05, 0.1) is 0 Å². The van der Waals surface area contributed by atoms with Gasteiger partial charge in [-0.25, -0.2) is 0 Å². The Morgan fingerprint density at radius 1 is 0.868 bits per heavy atom. The minimum absolute atomic E-state index is 0.178. The molecule has 0 aromatic heterocycles. The third-order valence-corrected chi connectivity index (χ3v) is 9.77. The maximum Gasteiger partial charge on any atom is 0.303 e. The number of ether oxygens (including phenoxy) is 4. The Balaban J connectivity index is 2.09. The Kier molecular flexibility index (Phi) is 6.61. The van der Waals surface area contributed by atoms with E-state index < -0.39 is 76.4 Å². The van der Waals surface area contributed by atoms with Crippen LogP contribution in [0.5, 0.6) is 0 Å². The Bertz CT molecular complexity index is 1110. The van der Waals surface area contributed by atoms with Crippen LogP contribution in [0.25, 0.3) is 0 Å². The number of ketones is 1. The number of rotatable bonds is 4. The fourth-order valence-corrected chi connectivity index (χ4v) is 8.70. The van der Waals surface area contributed by atoms with E-state index in [1.807, 2.05) is 6.92 Å². The van der Waals surface area contributed by atoms with Crippen molar-refractivity contribution in [3.8, 4) is 0 Å². The van der Waals surface area contributed by atoms with Crippen LogP contribution in [0.2, 0.25) is 0 Å². The molecule has 4 fully saturated rings. The molecule has 0 aromatic carbocycles. The van der Waals surface area contributed by atoms with Crippen LogP contribution < -0.4 is 0 Å². The van der Waals surface area contributed by atoms with Crippen molar-refractivity contribution in [2.45, 2.75) is 104 Å². The van der Waals surface area contributed by atoms with Gasteiger partial charge in [-0.15, -0.1) is 0 Å². The van der Waals surface area contributed by atoms with E-state index in [0.29, 0.717) is 12.8 Å². The SMILES string of the molecule is C=C1C(=O)[C@@]23C([C@@H](OC(C)=O)C[C@]1(O)[C@H]2OC(C)=O)[C@@]1(C)[C@H](C[C@H]3OC(C)=O)C(C)(C)CC[C@H]1OC(C)=O. The molecule has 0 radical (unpaired) electrons. The largest absolute Gasteiger partial charge is 0.462 e. The zero-order valence-electron chi connectivity index (χ0n) is 23.1. The summed E-state index contributed by atoms with van der Waals surface area (Å²) < 4.78 is 23.3. The minimum Gasteiger partial charge on any atom is -0.462 e. The zero-order valence-corrected chi connectivity index (χ0v) is 23.1. The van der Waals surface area contributed by atoms with Crippen molar-refractivity contribution >= 4 is 29.7 Å². The monoisotopic (exact) mass is 534 g/mol. The summed E-state index contributed by atoms with van der Waals surface area (Å²) in [6, 6.07) is 0. The second kappa shape index (κ2) is 8.89. The molecule has 9 atom stereocenters. The topological polar surface area (TPSA) is 143 Å². The highest BCUT2D eigenvalue weighted by atomic mass is 16.6. The van der Waals surface area contributed by atoms with Crippen molar-refractivity contribution in [1.29, 1.82) is 0 Å². The summed E-state index contributed by atoms with van der Waals surface area (Å²) in [6.07, 6.45) is -3.22. The van der Waals surface area contributed by atoms with Crippen LogP contribution in [-0.4, -0.2) is 64.8 Å². The molecular formula is C28H38O10. The summed E-state index contributed by atoms with van der Waals surface area (Å²) in [4.78, 5) is 63.9. The molecule has 1 unspecified atom stereocenters. The molecule has 2 bridgehead atoms. The summed E-state index contributed by atoms with van der Waals surface area (Å²) in [7, 11) is 0. The number of aliphatic hydroxyl groups is 1. The van der Waals surface area contributed by atoms with Gasteiger partial charge in [-0.1, -0.05) is 27.4 Å². The zero-order chi connectivity index (χ0) is 28.6. The number of hydrogen-bond donors (Lipinski definition) is 1. The third-order valence-electron chi connectivity index (χ3n) is 9.77. The highest BCUT2D eigenvalue weighted by Crippen LogP contribution is 2.73. The summed E-state index contributed by atoms with van der Waals surface area (Å²) >= 11 is 0. The van der Waals surface area contributed by atoms with Gasteiger partial charge in [0.2, 0.25) is 0 Å². The second-order valence-electron chi connectivity index (χ2n) is 12.4. The van der Waals surface area contributed by atoms with Gasteiger partial charge in [0.1, 0.15) is 29.3 Å². The third kappa shape index (κ3) is 3.73. The average Bonchev–Trinajstić information content (AvgIpc) is 2.85. The lowest BCUT2D eigenvalue weighted by molar-refractivity contribution is -0.298. The molecular weight excluding hydrogens is 496 g/mol. The van der Waals surface area contributed by atoms with Crippen LogP contribution in [0.1, 0.15) is 74.1 Å².